The van der Waals surface area contributed by atoms with E-state index in [9.17, 15) is 5.11 Å². The molecule has 0 unspecified atom stereocenters. The van der Waals surface area contributed by atoms with Crippen LogP contribution in [0, 0.1) is 5.92 Å². The molecule has 0 radical (unpaired) electrons. The molecular formula is C23H32NO2+. The van der Waals surface area contributed by atoms with Crippen molar-refractivity contribution in [2.45, 2.75) is 56.6 Å². The predicted molar refractivity (Wildman–Crippen MR) is 104 cm³/mol. The van der Waals surface area contributed by atoms with E-state index in [1.54, 1.807) is 0 Å². The Morgan fingerprint density at radius 2 is 1.65 bits per heavy atom. The molecule has 26 heavy (non-hydrogen) atoms. The molecule has 2 atom stereocenters. The highest BCUT2D eigenvalue weighted by Crippen LogP contribution is 2.46. The minimum absolute atomic E-state index is 0.226. The lowest BCUT2D eigenvalue weighted by Gasteiger charge is -2.37. The van der Waals surface area contributed by atoms with E-state index >= 15 is 0 Å². The molecule has 1 aromatic carbocycles. The van der Waals surface area contributed by atoms with E-state index in [2.05, 4.69) is 20.2 Å². The third kappa shape index (κ3) is 3.01. The van der Waals surface area contributed by atoms with E-state index in [0.29, 0.717) is 6.04 Å². The summed E-state index contributed by atoms with van der Waals surface area (Å²) in [6.07, 6.45) is 8.18. The molecule has 1 aliphatic heterocycles. The lowest BCUT2D eigenvalue weighted by Crippen LogP contribution is -2.38. The van der Waals surface area contributed by atoms with Gasteiger partial charge in [0, 0.05) is 12.8 Å². The molecule has 1 saturated heterocycles. The Hall–Kier alpha value is -1.58. The highest BCUT2D eigenvalue weighted by Gasteiger charge is 2.45. The first-order chi connectivity index (χ1) is 12.5. The molecule has 3 nitrogen and oxygen atoms in total. The van der Waals surface area contributed by atoms with Crippen molar-refractivity contribution in [2.24, 2.45) is 5.92 Å². The summed E-state index contributed by atoms with van der Waals surface area (Å²) in [5.41, 5.74) is -0.0525. The number of benzene rings is 1. The molecule has 140 valence electrons. The van der Waals surface area contributed by atoms with Crippen LogP contribution in [0.4, 0.5) is 0 Å². The highest BCUT2D eigenvalue weighted by molar-refractivity contribution is 5.33. The first-order valence-corrected chi connectivity index (χ1v) is 10.2. The normalized spacial score (nSPS) is 25.9. The van der Waals surface area contributed by atoms with Crippen LogP contribution in [0.3, 0.4) is 0 Å². The van der Waals surface area contributed by atoms with Gasteiger partial charge in [-0.1, -0.05) is 49.6 Å². The molecule has 0 bridgehead atoms. The quantitative estimate of drug-likeness (QED) is 0.783. The Balaban J connectivity index is 1.73. The van der Waals surface area contributed by atoms with E-state index in [1.165, 1.54) is 32.2 Å². The second-order valence-corrected chi connectivity index (χ2v) is 8.83. The number of nitrogens with zero attached hydrogens (tertiary/aromatic N) is 1. The lowest BCUT2D eigenvalue weighted by atomic mass is 9.72. The smallest absolute Gasteiger partial charge is 0.161 e. The zero-order chi connectivity index (χ0) is 18.2. The van der Waals surface area contributed by atoms with Crippen LogP contribution in [0.2, 0.25) is 0 Å². The Morgan fingerprint density at radius 3 is 2.31 bits per heavy atom. The van der Waals surface area contributed by atoms with Gasteiger partial charge in [0.1, 0.15) is 17.4 Å². The summed E-state index contributed by atoms with van der Waals surface area (Å²) >= 11 is 0. The van der Waals surface area contributed by atoms with E-state index in [1.807, 2.05) is 36.4 Å². The summed E-state index contributed by atoms with van der Waals surface area (Å²) in [6, 6.07) is 14.7. The minimum Gasteiger partial charge on any atom is -0.456 e. The van der Waals surface area contributed by atoms with Crippen LogP contribution in [0.1, 0.15) is 68.1 Å². The van der Waals surface area contributed by atoms with Gasteiger partial charge in [-0.25, -0.2) is 0 Å². The molecule has 2 aliphatic rings. The monoisotopic (exact) mass is 354 g/mol. The summed E-state index contributed by atoms with van der Waals surface area (Å²) in [5.74, 6) is 1.99. The van der Waals surface area contributed by atoms with Gasteiger partial charge in [0.25, 0.3) is 0 Å². The van der Waals surface area contributed by atoms with Gasteiger partial charge >= 0.3 is 0 Å². The van der Waals surface area contributed by atoms with Crippen molar-refractivity contribution < 1.29 is 14.0 Å². The second kappa shape index (κ2) is 6.86. The van der Waals surface area contributed by atoms with Gasteiger partial charge in [-0.15, -0.1) is 0 Å². The Morgan fingerprint density at radius 1 is 0.923 bits per heavy atom. The summed E-state index contributed by atoms with van der Waals surface area (Å²) < 4.78 is 7.38. The summed E-state index contributed by atoms with van der Waals surface area (Å²) in [6.45, 7) is 1.19. The molecular weight excluding hydrogens is 322 g/mol. The molecule has 4 rings (SSSR count). The zero-order valence-electron chi connectivity index (χ0n) is 16.2. The molecule has 2 heterocycles. The van der Waals surface area contributed by atoms with E-state index in [0.717, 1.165) is 40.8 Å². The largest absolute Gasteiger partial charge is 0.456 e. The zero-order valence-corrected chi connectivity index (χ0v) is 16.2. The maximum Gasteiger partial charge on any atom is 0.161 e. The van der Waals surface area contributed by atoms with Crippen molar-refractivity contribution in [3.05, 3.63) is 59.5 Å². The van der Waals surface area contributed by atoms with E-state index in [-0.39, 0.29) is 5.92 Å². The molecule has 1 aliphatic carbocycles. The van der Waals surface area contributed by atoms with Gasteiger partial charge in [-0.05, 0) is 36.5 Å². The van der Waals surface area contributed by atoms with Gasteiger partial charge in [-0.2, -0.15) is 0 Å². The fraction of sp³-hybridized carbons (Fsp3) is 0.565. The van der Waals surface area contributed by atoms with E-state index in [4.69, 9.17) is 4.42 Å². The molecule has 1 aromatic heterocycles. The Bertz CT molecular complexity index is 730. The number of hydrogen-bond donors (Lipinski definition) is 1. The second-order valence-electron chi connectivity index (χ2n) is 8.83. The Kier molecular flexibility index (Phi) is 4.70. The molecule has 0 amide bonds. The van der Waals surface area contributed by atoms with Gasteiger partial charge in [0.15, 0.2) is 5.76 Å². The van der Waals surface area contributed by atoms with Crippen LogP contribution in [-0.4, -0.2) is 30.2 Å². The molecule has 2 fully saturated rings. The van der Waals surface area contributed by atoms with Crippen molar-refractivity contribution in [1.82, 2.24) is 0 Å². The fourth-order valence-electron chi connectivity index (χ4n) is 5.21. The summed E-state index contributed by atoms with van der Waals surface area (Å²) in [4.78, 5) is 0. The van der Waals surface area contributed by atoms with Crippen molar-refractivity contribution in [3.63, 3.8) is 0 Å². The molecule has 1 saturated carbocycles. The van der Waals surface area contributed by atoms with E-state index < -0.39 is 5.60 Å². The minimum atomic E-state index is -1.02. The third-order valence-electron chi connectivity index (χ3n) is 6.80. The van der Waals surface area contributed by atoms with Crippen molar-refractivity contribution in [2.75, 3.05) is 20.6 Å². The third-order valence-corrected chi connectivity index (χ3v) is 6.80. The summed E-state index contributed by atoms with van der Waals surface area (Å²) in [7, 11) is 4.56. The summed E-state index contributed by atoms with van der Waals surface area (Å²) in [5, 5.41) is 12.0. The number of hydrogen-bond acceptors (Lipinski definition) is 2. The average Bonchev–Trinajstić information content (AvgIpc) is 3.28. The highest BCUT2D eigenvalue weighted by atomic mass is 16.4. The average molecular weight is 355 g/mol. The van der Waals surface area contributed by atoms with Crippen LogP contribution in [0.5, 0.6) is 0 Å². The van der Waals surface area contributed by atoms with Crippen LogP contribution >= 0.6 is 0 Å². The number of quaternary nitrogens is 1. The molecule has 1 N–H and O–H groups in total. The van der Waals surface area contributed by atoms with Crippen molar-refractivity contribution in [3.8, 4) is 0 Å². The molecule has 0 spiro atoms. The number of likely N-dealkylation sites (tertiary alicyclic amines) is 1. The lowest BCUT2D eigenvalue weighted by molar-refractivity contribution is -0.909. The van der Waals surface area contributed by atoms with Crippen LogP contribution in [0.25, 0.3) is 0 Å². The van der Waals surface area contributed by atoms with Crippen LogP contribution in [0.15, 0.2) is 46.9 Å². The van der Waals surface area contributed by atoms with Gasteiger partial charge in [0.05, 0.1) is 20.6 Å². The first-order valence-electron chi connectivity index (χ1n) is 10.2. The van der Waals surface area contributed by atoms with Crippen molar-refractivity contribution in [1.29, 1.82) is 0 Å². The topological polar surface area (TPSA) is 33.4 Å². The van der Waals surface area contributed by atoms with Crippen LogP contribution < -0.4 is 0 Å². The SMILES string of the molecule is C[N+]1(C)CCC[C@H]1c1ccc([C@](O)(c2ccccc2)C2CCCCC2)o1. The van der Waals surface area contributed by atoms with Crippen molar-refractivity contribution >= 4 is 0 Å². The van der Waals surface area contributed by atoms with Gasteiger partial charge in [-0.3, -0.25) is 0 Å². The fourth-order valence-corrected chi connectivity index (χ4v) is 5.21. The van der Waals surface area contributed by atoms with Gasteiger partial charge < -0.3 is 14.0 Å². The standard InChI is InChI=1S/C23H32NO2/c1-24(2)17-9-14-20(24)21-15-16-22(26-21)23(25,18-10-5-3-6-11-18)19-12-7-4-8-13-19/h3,5-6,10-11,15-16,19-20,25H,4,7-9,12-14,17H2,1-2H3/q+1/t20-,23-/m0/s1. The number of aliphatic hydroxyl groups is 1. The number of rotatable bonds is 4. The van der Waals surface area contributed by atoms with Gasteiger partial charge in [0.2, 0.25) is 0 Å². The van der Waals surface area contributed by atoms with Crippen LogP contribution in [-0.2, 0) is 5.60 Å². The maximum absolute atomic E-state index is 12.0. The Labute approximate surface area is 157 Å². The predicted octanol–water partition coefficient (Wildman–Crippen LogP) is 5.01. The molecule has 3 heteroatoms. The first kappa shape index (κ1) is 17.8. The molecule has 2 aromatic rings. The maximum atomic E-state index is 12.0. The number of furan rings is 1.